The Labute approximate surface area is 402 Å². The van der Waals surface area contributed by atoms with Gasteiger partial charge >= 0.3 is 0 Å². The van der Waals surface area contributed by atoms with E-state index >= 15 is 0 Å². The van der Waals surface area contributed by atoms with Crippen molar-refractivity contribution >= 4 is 21.5 Å². The Bertz CT molecular complexity index is 1920. The van der Waals surface area contributed by atoms with E-state index in [4.69, 9.17) is 56.8 Å². The van der Waals surface area contributed by atoms with Crippen LogP contribution in [0, 0.1) is 0 Å². The Morgan fingerprint density at radius 2 is 0.618 bits per heavy atom. The molecule has 2 atom stereocenters. The fourth-order valence-electron chi connectivity index (χ4n) is 8.25. The molecular formula is C54H72N2O12. The van der Waals surface area contributed by atoms with Gasteiger partial charge in [-0.25, -0.2) is 0 Å². The standard InChI is InChI=1S/C54H72N2O12/c1-2-12-50-49(11-1)53(45-9-5-7-43(35-45)37-55-39-47-41-65-29-27-61-21-19-57-15-17-59-23-25-63-31-33-67-47)51-13-3-4-14-52(51)54(50)46-10-6-8-44(36-46)38-56-40-48-42-66-30-28-62-22-20-58-16-18-60-24-26-64-32-34-68-48/h1-14,35-36,47-48,55-56H,15-34,37-42H2. The van der Waals surface area contributed by atoms with Crippen molar-refractivity contribution < 1.29 is 56.8 Å². The summed E-state index contributed by atoms with van der Waals surface area (Å²) >= 11 is 0. The molecule has 2 heterocycles. The van der Waals surface area contributed by atoms with Crippen LogP contribution in [0.15, 0.2) is 97.1 Å². The highest BCUT2D eigenvalue weighted by Crippen LogP contribution is 2.43. The van der Waals surface area contributed by atoms with Crippen LogP contribution in [0.25, 0.3) is 43.8 Å². The second kappa shape index (κ2) is 31.3. The third-order valence-electron chi connectivity index (χ3n) is 11.5. The predicted octanol–water partition coefficient (Wildman–Crippen LogP) is 6.47. The number of rotatable bonds is 10. The van der Waals surface area contributed by atoms with Crippen molar-refractivity contribution in [1.29, 1.82) is 0 Å². The molecule has 0 spiro atoms. The minimum atomic E-state index is -0.147. The summed E-state index contributed by atoms with van der Waals surface area (Å²) in [6, 6.07) is 35.3. The number of hydrogen-bond donors (Lipinski definition) is 2. The molecule has 14 nitrogen and oxygen atoms in total. The number of hydrogen-bond acceptors (Lipinski definition) is 14. The minimum Gasteiger partial charge on any atom is -0.377 e. The highest BCUT2D eigenvalue weighted by Gasteiger charge is 2.18. The molecule has 0 amide bonds. The fourth-order valence-corrected chi connectivity index (χ4v) is 8.25. The van der Waals surface area contributed by atoms with Gasteiger partial charge in [0.2, 0.25) is 0 Å². The molecule has 0 bridgehead atoms. The summed E-state index contributed by atoms with van der Waals surface area (Å²) in [7, 11) is 0. The summed E-state index contributed by atoms with van der Waals surface area (Å²) in [6.07, 6.45) is -0.294. The lowest BCUT2D eigenvalue weighted by Crippen LogP contribution is -2.34. The van der Waals surface area contributed by atoms with Crippen molar-refractivity contribution in [3.05, 3.63) is 108 Å². The van der Waals surface area contributed by atoms with Crippen molar-refractivity contribution in [3.8, 4) is 22.3 Å². The van der Waals surface area contributed by atoms with Crippen molar-refractivity contribution in [2.75, 3.05) is 158 Å². The molecule has 2 saturated heterocycles. The SMILES string of the molecule is c1cc(CNCC2COCCOCCOCCOCCOCCO2)cc(-c2c3ccccc3c(-c3cccc(CNCC4COCCOCCOCCOCCOCCO4)c3)c3ccccc23)c1. The van der Waals surface area contributed by atoms with E-state index in [9.17, 15) is 0 Å². The van der Waals surface area contributed by atoms with Crippen LogP contribution < -0.4 is 10.6 Å². The van der Waals surface area contributed by atoms with Gasteiger partial charge in [-0.3, -0.25) is 0 Å². The Balaban J connectivity index is 1.00. The lowest BCUT2D eigenvalue weighted by atomic mass is 9.85. The van der Waals surface area contributed by atoms with Crippen LogP contribution in [0.3, 0.4) is 0 Å². The average molecular weight is 941 g/mol. The molecule has 5 aromatic rings. The Morgan fingerprint density at radius 1 is 0.324 bits per heavy atom. The summed E-state index contributed by atoms with van der Waals surface area (Å²) in [5.74, 6) is 0. The molecule has 68 heavy (non-hydrogen) atoms. The van der Waals surface area contributed by atoms with Gasteiger partial charge in [0.25, 0.3) is 0 Å². The van der Waals surface area contributed by atoms with Gasteiger partial charge in [-0.05, 0) is 67.1 Å². The Morgan fingerprint density at radius 3 is 0.941 bits per heavy atom. The maximum absolute atomic E-state index is 6.21. The molecule has 2 aliphatic rings. The van der Waals surface area contributed by atoms with Gasteiger partial charge in [-0.1, -0.05) is 84.9 Å². The molecule has 2 N–H and O–H groups in total. The monoisotopic (exact) mass is 941 g/mol. The Hall–Kier alpha value is -3.94. The van der Waals surface area contributed by atoms with E-state index in [-0.39, 0.29) is 12.2 Å². The molecule has 0 saturated carbocycles. The molecule has 0 radical (unpaired) electrons. The lowest BCUT2D eigenvalue weighted by Gasteiger charge is -2.20. The quantitative estimate of drug-likeness (QED) is 0.148. The first kappa shape index (κ1) is 51.9. The highest BCUT2D eigenvalue weighted by molar-refractivity contribution is 6.21. The molecule has 370 valence electrons. The van der Waals surface area contributed by atoms with Gasteiger partial charge < -0.3 is 67.5 Å². The van der Waals surface area contributed by atoms with E-state index in [1.165, 1.54) is 54.9 Å². The molecule has 0 aromatic heterocycles. The normalized spacial score (nSPS) is 20.8. The van der Waals surface area contributed by atoms with Crippen LogP contribution in [-0.4, -0.2) is 171 Å². The maximum atomic E-state index is 6.21. The molecule has 0 aliphatic carbocycles. The van der Waals surface area contributed by atoms with E-state index in [0.29, 0.717) is 172 Å². The van der Waals surface area contributed by atoms with Crippen LogP contribution in [0.5, 0.6) is 0 Å². The highest BCUT2D eigenvalue weighted by atomic mass is 16.6. The number of nitrogens with one attached hydrogen (secondary N) is 2. The first-order chi connectivity index (χ1) is 33.8. The zero-order valence-electron chi connectivity index (χ0n) is 39.7. The van der Waals surface area contributed by atoms with Crippen molar-refractivity contribution in [2.45, 2.75) is 25.3 Å². The average Bonchev–Trinajstić information content (AvgIpc) is 3.36. The van der Waals surface area contributed by atoms with Crippen LogP contribution in [-0.2, 0) is 69.9 Å². The lowest BCUT2D eigenvalue weighted by molar-refractivity contribution is -0.0595. The largest absolute Gasteiger partial charge is 0.377 e. The molecular weight excluding hydrogens is 869 g/mol. The van der Waals surface area contributed by atoms with Crippen LogP contribution in [0.2, 0.25) is 0 Å². The van der Waals surface area contributed by atoms with E-state index in [1.54, 1.807) is 0 Å². The van der Waals surface area contributed by atoms with Gasteiger partial charge in [0.1, 0.15) is 0 Å². The first-order valence-electron chi connectivity index (χ1n) is 24.4. The molecule has 7 rings (SSSR count). The predicted molar refractivity (Wildman–Crippen MR) is 263 cm³/mol. The summed E-state index contributed by atoms with van der Waals surface area (Å²) in [6.45, 7) is 13.7. The van der Waals surface area contributed by atoms with E-state index in [0.717, 1.165) is 0 Å². The summed E-state index contributed by atoms with van der Waals surface area (Å²) in [5, 5.41) is 12.1. The van der Waals surface area contributed by atoms with Gasteiger partial charge in [0.15, 0.2) is 0 Å². The third kappa shape index (κ3) is 17.8. The zero-order chi connectivity index (χ0) is 46.5. The van der Waals surface area contributed by atoms with Crippen molar-refractivity contribution in [2.24, 2.45) is 0 Å². The van der Waals surface area contributed by atoms with Gasteiger partial charge in [-0.2, -0.15) is 0 Å². The van der Waals surface area contributed by atoms with E-state index in [1.807, 2.05) is 0 Å². The number of benzene rings is 5. The fraction of sp³-hybridized carbons (Fsp3) is 0.519. The number of fused-ring (bicyclic) bond motifs is 2. The van der Waals surface area contributed by atoms with Crippen LogP contribution in [0.4, 0.5) is 0 Å². The molecule has 5 aromatic carbocycles. The maximum Gasteiger partial charge on any atom is 0.0933 e. The van der Waals surface area contributed by atoms with Crippen molar-refractivity contribution in [3.63, 3.8) is 0 Å². The molecule has 14 heteroatoms. The topological polar surface area (TPSA) is 135 Å². The molecule has 2 fully saturated rings. The van der Waals surface area contributed by atoms with Crippen LogP contribution in [0.1, 0.15) is 11.1 Å². The summed E-state index contributed by atoms with van der Waals surface area (Å²) in [5.41, 5.74) is 7.16. The van der Waals surface area contributed by atoms with Gasteiger partial charge in [0, 0.05) is 26.2 Å². The Kier molecular flexibility index (Phi) is 23.9. The molecule has 2 unspecified atom stereocenters. The van der Waals surface area contributed by atoms with Crippen molar-refractivity contribution in [1.82, 2.24) is 10.6 Å². The smallest absolute Gasteiger partial charge is 0.0933 e. The zero-order valence-corrected chi connectivity index (χ0v) is 39.7. The van der Waals surface area contributed by atoms with Crippen LogP contribution >= 0.6 is 0 Å². The molecule has 2 aliphatic heterocycles. The van der Waals surface area contributed by atoms with Gasteiger partial charge in [0.05, 0.1) is 158 Å². The third-order valence-corrected chi connectivity index (χ3v) is 11.5. The van der Waals surface area contributed by atoms with Gasteiger partial charge in [-0.15, -0.1) is 0 Å². The van der Waals surface area contributed by atoms with E-state index < -0.39 is 0 Å². The first-order valence-corrected chi connectivity index (χ1v) is 24.4. The summed E-state index contributed by atoms with van der Waals surface area (Å²) < 4.78 is 69.4. The van der Waals surface area contributed by atoms with E-state index in [2.05, 4.69) is 108 Å². The second-order valence-electron chi connectivity index (χ2n) is 16.5. The second-order valence-corrected chi connectivity index (χ2v) is 16.5. The minimum absolute atomic E-state index is 0.147. The number of ether oxygens (including phenoxy) is 12. The summed E-state index contributed by atoms with van der Waals surface area (Å²) in [4.78, 5) is 0.